The topological polar surface area (TPSA) is 98.4 Å². The second-order valence-electron chi connectivity index (χ2n) is 3.24. The number of hydrogen-bond donors (Lipinski definition) is 2. The standard InChI is InChI=1S/C8H14NO4P/c1-7(4-2-3-5-9)8(10)6-14(11,12)13/h7H,2-4,6H2,1H3,(H2,11,12,13). The van der Waals surface area contributed by atoms with E-state index in [0.29, 0.717) is 19.3 Å². The summed E-state index contributed by atoms with van der Waals surface area (Å²) in [7, 11) is -4.23. The Morgan fingerprint density at radius 1 is 1.57 bits per heavy atom. The van der Waals surface area contributed by atoms with Crippen molar-refractivity contribution < 1.29 is 19.1 Å². The summed E-state index contributed by atoms with van der Waals surface area (Å²) in [6.07, 6.45) is 0.769. The molecule has 1 atom stereocenters. The van der Waals surface area contributed by atoms with E-state index in [0.717, 1.165) is 0 Å². The fourth-order valence-electron chi connectivity index (χ4n) is 1.01. The van der Waals surface area contributed by atoms with E-state index < -0.39 is 19.5 Å². The molecule has 0 spiro atoms. The first kappa shape index (κ1) is 13.3. The Hall–Kier alpha value is -0.690. The highest BCUT2D eigenvalue weighted by molar-refractivity contribution is 7.52. The number of nitrogens with zero attached hydrogens (tertiary/aromatic N) is 1. The summed E-state index contributed by atoms with van der Waals surface area (Å²) in [5.41, 5.74) is 0. The molecule has 0 saturated carbocycles. The lowest BCUT2D eigenvalue weighted by Gasteiger charge is -2.09. The molecule has 0 saturated heterocycles. The smallest absolute Gasteiger partial charge is 0.324 e. The van der Waals surface area contributed by atoms with Crippen LogP contribution in [0, 0.1) is 17.2 Å². The molecule has 0 aromatic carbocycles. The maximum atomic E-state index is 11.2. The van der Waals surface area contributed by atoms with Crippen molar-refractivity contribution in [2.24, 2.45) is 5.92 Å². The number of hydrogen-bond acceptors (Lipinski definition) is 3. The van der Waals surface area contributed by atoms with Crippen LogP contribution in [0.15, 0.2) is 0 Å². The molecule has 14 heavy (non-hydrogen) atoms. The highest BCUT2D eigenvalue weighted by Gasteiger charge is 2.22. The van der Waals surface area contributed by atoms with Gasteiger partial charge in [0.1, 0.15) is 11.9 Å². The van der Waals surface area contributed by atoms with Crippen molar-refractivity contribution in [3.8, 4) is 6.07 Å². The number of nitriles is 1. The van der Waals surface area contributed by atoms with E-state index in [9.17, 15) is 9.36 Å². The summed E-state index contributed by atoms with van der Waals surface area (Å²) in [6.45, 7) is 1.62. The first-order valence-electron chi connectivity index (χ1n) is 4.31. The van der Waals surface area contributed by atoms with Crippen molar-refractivity contribution in [3.63, 3.8) is 0 Å². The van der Waals surface area contributed by atoms with Crippen LogP contribution < -0.4 is 0 Å². The van der Waals surface area contributed by atoms with Gasteiger partial charge in [0.05, 0.1) is 6.07 Å². The Morgan fingerprint density at radius 2 is 2.14 bits per heavy atom. The summed E-state index contributed by atoms with van der Waals surface area (Å²) >= 11 is 0. The monoisotopic (exact) mass is 219 g/mol. The van der Waals surface area contributed by atoms with Gasteiger partial charge in [-0.2, -0.15) is 5.26 Å². The summed E-state index contributed by atoms with van der Waals surface area (Å²) in [5, 5.41) is 8.24. The van der Waals surface area contributed by atoms with Gasteiger partial charge >= 0.3 is 7.60 Å². The molecule has 80 valence electrons. The van der Waals surface area contributed by atoms with E-state index in [1.54, 1.807) is 6.92 Å². The Bertz CT molecular complexity index is 278. The highest BCUT2D eigenvalue weighted by atomic mass is 31.2. The Kier molecular flexibility index (Phi) is 5.63. The summed E-state index contributed by atoms with van der Waals surface area (Å²) in [4.78, 5) is 28.3. The molecule has 0 bridgehead atoms. The van der Waals surface area contributed by atoms with E-state index in [1.165, 1.54) is 0 Å². The number of rotatable bonds is 6. The normalized spacial score (nSPS) is 13.3. The fourth-order valence-corrected chi connectivity index (χ4v) is 1.72. The average molecular weight is 219 g/mol. The molecular formula is C8H14NO4P. The zero-order valence-corrected chi connectivity index (χ0v) is 8.91. The Balaban J connectivity index is 3.90. The van der Waals surface area contributed by atoms with Crippen molar-refractivity contribution in [1.29, 1.82) is 5.26 Å². The van der Waals surface area contributed by atoms with Crippen LogP contribution in [-0.4, -0.2) is 21.7 Å². The van der Waals surface area contributed by atoms with Gasteiger partial charge in [0.15, 0.2) is 0 Å². The molecule has 0 heterocycles. The molecule has 0 aliphatic carbocycles. The largest absolute Gasteiger partial charge is 0.332 e. The molecule has 0 aromatic heterocycles. The number of Topliss-reactive ketones (excluding diaryl/α,β-unsaturated/α-hetero) is 1. The zero-order valence-electron chi connectivity index (χ0n) is 8.01. The lowest BCUT2D eigenvalue weighted by molar-refractivity contribution is -0.120. The van der Waals surface area contributed by atoms with Crippen LogP contribution in [0.2, 0.25) is 0 Å². The lowest BCUT2D eigenvalue weighted by Crippen LogP contribution is -2.15. The number of carbonyl (C=O) groups is 1. The van der Waals surface area contributed by atoms with Crippen molar-refractivity contribution in [2.75, 3.05) is 6.16 Å². The quantitative estimate of drug-likeness (QED) is 0.514. The van der Waals surface area contributed by atoms with Gasteiger partial charge in [-0.25, -0.2) is 0 Å². The van der Waals surface area contributed by atoms with Gasteiger partial charge < -0.3 is 9.79 Å². The van der Waals surface area contributed by atoms with Crippen LogP contribution in [0.5, 0.6) is 0 Å². The van der Waals surface area contributed by atoms with E-state index in [2.05, 4.69) is 0 Å². The molecule has 0 aromatic rings. The van der Waals surface area contributed by atoms with Gasteiger partial charge in [0, 0.05) is 12.3 Å². The maximum Gasteiger partial charge on any atom is 0.332 e. The lowest BCUT2D eigenvalue weighted by atomic mass is 10.0. The highest BCUT2D eigenvalue weighted by Crippen LogP contribution is 2.35. The molecule has 0 rings (SSSR count). The average Bonchev–Trinajstić information content (AvgIpc) is 2.01. The van der Waals surface area contributed by atoms with E-state index >= 15 is 0 Å². The minimum absolute atomic E-state index is 0.369. The molecular weight excluding hydrogens is 205 g/mol. The van der Waals surface area contributed by atoms with E-state index in [-0.39, 0.29) is 5.92 Å². The van der Waals surface area contributed by atoms with Gasteiger partial charge in [-0.3, -0.25) is 9.36 Å². The SMILES string of the molecule is CC(CCCC#N)C(=O)CP(=O)(O)O. The molecule has 0 aliphatic rings. The number of ketones is 1. The predicted octanol–water partition coefficient (Wildman–Crippen LogP) is 1.06. The molecule has 0 amide bonds. The first-order chi connectivity index (χ1) is 6.37. The predicted molar refractivity (Wildman–Crippen MR) is 50.5 cm³/mol. The molecule has 0 aliphatic heterocycles. The summed E-state index contributed by atoms with van der Waals surface area (Å²) in [6, 6.07) is 1.95. The van der Waals surface area contributed by atoms with Crippen molar-refractivity contribution in [1.82, 2.24) is 0 Å². The van der Waals surface area contributed by atoms with Gasteiger partial charge in [-0.1, -0.05) is 6.92 Å². The molecule has 0 fully saturated rings. The zero-order chi connectivity index (χ0) is 11.2. The minimum atomic E-state index is -4.23. The summed E-state index contributed by atoms with van der Waals surface area (Å²) < 4.78 is 10.5. The second kappa shape index (κ2) is 5.92. The van der Waals surface area contributed by atoms with Gasteiger partial charge in [0.2, 0.25) is 0 Å². The maximum absolute atomic E-state index is 11.2. The van der Waals surface area contributed by atoms with Crippen LogP contribution in [0.4, 0.5) is 0 Å². The molecule has 2 N–H and O–H groups in total. The first-order valence-corrected chi connectivity index (χ1v) is 6.11. The number of carbonyl (C=O) groups excluding carboxylic acids is 1. The van der Waals surface area contributed by atoms with Crippen molar-refractivity contribution in [3.05, 3.63) is 0 Å². The van der Waals surface area contributed by atoms with E-state index in [4.69, 9.17) is 15.0 Å². The third-order valence-electron chi connectivity index (χ3n) is 1.84. The minimum Gasteiger partial charge on any atom is -0.324 e. The van der Waals surface area contributed by atoms with Crippen LogP contribution >= 0.6 is 7.60 Å². The summed E-state index contributed by atoms with van der Waals surface area (Å²) in [5.74, 6) is -0.813. The third-order valence-corrected chi connectivity index (χ3v) is 2.56. The van der Waals surface area contributed by atoms with Crippen molar-refractivity contribution >= 4 is 13.4 Å². The van der Waals surface area contributed by atoms with Gasteiger partial charge in [-0.05, 0) is 12.8 Å². The van der Waals surface area contributed by atoms with Gasteiger partial charge in [-0.15, -0.1) is 0 Å². The number of unbranched alkanes of at least 4 members (excludes halogenated alkanes) is 1. The third kappa shape index (κ3) is 6.79. The Labute approximate surface area is 82.9 Å². The van der Waals surface area contributed by atoms with Gasteiger partial charge in [0.25, 0.3) is 0 Å². The van der Waals surface area contributed by atoms with Crippen LogP contribution in [0.25, 0.3) is 0 Å². The van der Waals surface area contributed by atoms with Crippen LogP contribution in [-0.2, 0) is 9.36 Å². The van der Waals surface area contributed by atoms with Crippen LogP contribution in [0.1, 0.15) is 26.2 Å². The second-order valence-corrected chi connectivity index (χ2v) is 4.89. The molecule has 0 radical (unpaired) electrons. The van der Waals surface area contributed by atoms with Crippen molar-refractivity contribution in [2.45, 2.75) is 26.2 Å². The molecule has 6 heteroatoms. The molecule has 1 unspecified atom stereocenters. The Morgan fingerprint density at radius 3 is 2.57 bits per heavy atom. The fraction of sp³-hybridized carbons (Fsp3) is 0.750. The van der Waals surface area contributed by atoms with E-state index in [1.807, 2.05) is 6.07 Å². The molecule has 5 nitrogen and oxygen atoms in total. The van der Waals surface area contributed by atoms with Crippen LogP contribution in [0.3, 0.4) is 0 Å².